The van der Waals surface area contributed by atoms with Gasteiger partial charge < -0.3 is 15.4 Å². The average molecular weight is 477 g/mol. The fourth-order valence-corrected chi connectivity index (χ4v) is 1.95. The smallest absolute Gasteiger partial charge is 0.422 e. The lowest BCUT2D eigenvalue weighted by Crippen LogP contribution is -2.38. The van der Waals surface area contributed by atoms with Crippen LogP contribution in [0.5, 0.6) is 5.75 Å². The largest absolute Gasteiger partial charge is 0.484 e. The minimum Gasteiger partial charge on any atom is -0.484 e. The van der Waals surface area contributed by atoms with Crippen molar-refractivity contribution in [2.75, 3.05) is 31.7 Å². The first-order chi connectivity index (χ1) is 10.9. The fraction of sp³-hybridized carbons (Fsp3) is 0.533. The van der Waals surface area contributed by atoms with Gasteiger partial charge in [0.1, 0.15) is 5.75 Å². The molecule has 0 bridgehead atoms. The van der Waals surface area contributed by atoms with Gasteiger partial charge in [0, 0.05) is 18.8 Å². The number of benzene rings is 1. The van der Waals surface area contributed by atoms with E-state index in [1.54, 1.807) is 23.9 Å². The van der Waals surface area contributed by atoms with Gasteiger partial charge in [-0.25, -0.2) is 4.99 Å². The molecular formula is C15H23F3IN3OS. The minimum absolute atomic E-state index is 0. The molecule has 4 nitrogen and oxygen atoms in total. The number of nitrogens with zero attached hydrogens (tertiary/aromatic N) is 1. The molecule has 0 heterocycles. The summed E-state index contributed by atoms with van der Waals surface area (Å²) in [5, 5.41) is 6.35. The summed E-state index contributed by atoms with van der Waals surface area (Å²) in [6, 6.07) is 6.46. The maximum Gasteiger partial charge on any atom is 0.422 e. The molecule has 9 heteroatoms. The van der Waals surface area contributed by atoms with Gasteiger partial charge in [0.15, 0.2) is 12.6 Å². The van der Waals surface area contributed by atoms with Crippen LogP contribution in [0.4, 0.5) is 13.2 Å². The van der Waals surface area contributed by atoms with Crippen LogP contribution < -0.4 is 15.4 Å². The number of hydrogen-bond donors (Lipinski definition) is 2. The second kappa shape index (κ2) is 12.5. The van der Waals surface area contributed by atoms with E-state index in [1.807, 2.05) is 13.2 Å². The highest BCUT2D eigenvalue weighted by Crippen LogP contribution is 2.19. The Balaban J connectivity index is 0.00000529. The standard InChI is InChI=1S/C15H22F3N3OS.HI/c1-3-19-14(20-8-9-23-2)21-10-12-4-6-13(7-5-12)22-11-15(16,17)18;/h4-7H,3,8-11H2,1-2H3,(H2,19,20,21);1H. The van der Waals surface area contributed by atoms with E-state index in [-0.39, 0.29) is 29.7 Å². The van der Waals surface area contributed by atoms with Crippen molar-refractivity contribution < 1.29 is 17.9 Å². The van der Waals surface area contributed by atoms with Crippen molar-refractivity contribution in [3.63, 3.8) is 0 Å². The van der Waals surface area contributed by atoms with Crippen LogP contribution in [0.1, 0.15) is 12.5 Å². The maximum absolute atomic E-state index is 12.1. The molecule has 0 aliphatic heterocycles. The van der Waals surface area contributed by atoms with Crippen molar-refractivity contribution in [3.8, 4) is 5.75 Å². The van der Waals surface area contributed by atoms with Gasteiger partial charge in [-0.1, -0.05) is 12.1 Å². The van der Waals surface area contributed by atoms with Crippen molar-refractivity contribution in [1.82, 2.24) is 10.6 Å². The van der Waals surface area contributed by atoms with Crippen LogP contribution in [-0.2, 0) is 6.54 Å². The molecule has 2 N–H and O–H groups in total. The first-order valence-corrected chi connectivity index (χ1v) is 8.63. The van der Waals surface area contributed by atoms with Crippen molar-refractivity contribution in [2.24, 2.45) is 4.99 Å². The summed E-state index contributed by atoms with van der Waals surface area (Å²) in [6.07, 6.45) is -2.29. The molecule has 0 aliphatic carbocycles. The molecule has 0 spiro atoms. The predicted molar refractivity (Wildman–Crippen MR) is 105 cm³/mol. The highest BCUT2D eigenvalue weighted by Gasteiger charge is 2.28. The summed E-state index contributed by atoms with van der Waals surface area (Å²) in [6.45, 7) is 2.72. The van der Waals surface area contributed by atoms with Gasteiger partial charge in [-0.15, -0.1) is 24.0 Å². The zero-order chi connectivity index (χ0) is 17.1. The lowest BCUT2D eigenvalue weighted by atomic mass is 10.2. The second-order valence-corrected chi connectivity index (χ2v) is 5.65. The monoisotopic (exact) mass is 477 g/mol. The van der Waals surface area contributed by atoms with E-state index in [9.17, 15) is 13.2 Å². The van der Waals surface area contributed by atoms with Gasteiger partial charge in [0.05, 0.1) is 6.54 Å². The molecule has 0 aliphatic rings. The highest BCUT2D eigenvalue weighted by molar-refractivity contribution is 14.0. The molecular weight excluding hydrogens is 454 g/mol. The Labute approximate surface area is 162 Å². The number of halogens is 4. The maximum atomic E-state index is 12.1. The number of hydrogen-bond acceptors (Lipinski definition) is 3. The molecule has 1 aromatic carbocycles. The Morgan fingerprint density at radius 2 is 1.88 bits per heavy atom. The molecule has 0 unspecified atom stereocenters. The van der Waals surface area contributed by atoms with E-state index in [4.69, 9.17) is 0 Å². The van der Waals surface area contributed by atoms with Crippen molar-refractivity contribution >= 4 is 41.7 Å². The number of alkyl halides is 3. The number of rotatable bonds is 8. The van der Waals surface area contributed by atoms with E-state index < -0.39 is 12.8 Å². The molecule has 0 aromatic heterocycles. The van der Waals surface area contributed by atoms with E-state index in [2.05, 4.69) is 20.4 Å². The molecule has 0 radical (unpaired) electrons. The second-order valence-electron chi connectivity index (χ2n) is 4.66. The van der Waals surface area contributed by atoms with Gasteiger partial charge >= 0.3 is 6.18 Å². The Morgan fingerprint density at radius 1 is 1.21 bits per heavy atom. The number of guanidine groups is 1. The lowest BCUT2D eigenvalue weighted by molar-refractivity contribution is -0.153. The minimum atomic E-state index is -4.33. The number of nitrogens with one attached hydrogen (secondary N) is 2. The summed E-state index contributed by atoms with van der Waals surface area (Å²) in [7, 11) is 0. The van der Waals surface area contributed by atoms with Crippen molar-refractivity contribution in [2.45, 2.75) is 19.6 Å². The van der Waals surface area contributed by atoms with Gasteiger partial charge in [0.2, 0.25) is 0 Å². The Hall–Kier alpha value is -0.840. The van der Waals surface area contributed by atoms with Crippen LogP contribution in [0, 0.1) is 0 Å². The van der Waals surface area contributed by atoms with Crippen LogP contribution in [0.15, 0.2) is 29.3 Å². The van der Waals surface area contributed by atoms with Crippen molar-refractivity contribution in [3.05, 3.63) is 29.8 Å². The number of ether oxygens (including phenoxy) is 1. The van der Waals surface area contributed by atoms with Crippen LogP contribution >= 0.6 is 35.7 Å². The third-order valence-electron chi connectivity index (χ3n) is 2.69. The van der Waals surface area contributed by atoms with Gasteiger partial charge in [0.25, 0.3) is 0 Å². The topological polar surface area (TPSA) is 45.7 Å². The molecule has 24 heavy (non-hydrogen) atoms. The summed E-state index contributed by atoms with van der Waals surface area (Å²) >= 11 is 1.74. The van der Waals surface area contributed by atoms with E-state index in [0.717, 1.165) is 30.4 Å². The molecule has 1 rings (SSSR count). The average Bonchev–Trinajstić information content (AvgIpc) is 2.51. The zero-order valence-electron chi connectivity index (χ0n) is 13.7. The first-order valence-electron chi connectivity index (χ1n) is 7.24. The van der Waals surface area contributed by atoms with E-state index >= 15 is 0 Å². The summed E-state index contributed by atoms with van der Waals surface area (Å²) in [5.41, 5.74) is 0.895. The van der Waals surface area contributed by atoms with E-state index in [1.165, 1.54) is 12.1 Å². The molecule has 0 atom stereocenters. The van der Waals surface area contributed by atoms with E-state index in [0.29, 0.717) is 6.54 Å². The normalized spacial score (nSPS) is 11.6. The molecule has 0 amide bonds. The van der Waals surface area contributed by atoms with Crippen LogP contribution in [0.3, 0.4) is 0 Å². The third-order valence-corrected chi connectivity index (χ3v) is 3.30. The zero-order valence-corrected chi connectivity index (χ0v) is 16.8. The molecule has 1 aromatic rings. The quantitative estimate of drug-likeness (QED) is 0.260. The lowest BCUT2D eigenvalue weighted by Gasteiger charge is -2.11. The van der Waals surface area contributed by atoms with Crippen molar-refractivity contribution in [1.29, 1.82) is 0 Å². The number of thioether (sulfide) groups is 1. The van der Waals surface area contributed by atoms with Gasteiger partial charge in [-0.3, -0.25) is 0 Å². The predicted octanol–water partition coefficient (Wildman–Crippen LogP) is 3.66. The van der Waals surface area contributed by atoms with Crippen LogP contribution in [0.25, 0.3) is 0 Å². The Kier molecular flexibility index (Phi) is 12.1. The van der Waals surface area contributed by atoms with Gasteiger partial charge in [-0.2, -0.15) is 24.9 Å². The highest BCUT2D eigenvalue weighted by atomic mass is 127. The van der Waals surface area contributed by atoms with Crippen LogP contribution in [0.2, 0.25) is 0 Å². The fourth-order valence-electron chi connectivity index (χ4n) is 1.64. The summed E-state index contributed by atoms with van der Waals surface area (Å²) in [5.74, 6) is 1.90. The van der Waals surface area contributed by atoms with Crippen LogP contribution in [-0.4, -0.2) is 43.8 Å². The third kappa shape index (κ3) is 10.8. The summed E-state index contributed by atoms with van der Waals surface area (Å²) in [4.78, 5) is 4.43. The molecule has 138 valence electrons. The Morgan fingerprint density at radius 3 is 2.42 bits per heavy atom. The molecule has 0 saturated carbocycles. The number of aliphatic imine (C=N–C) groups is 1. The molecule has 0 saturated heterocycles. The SMILES string of the molecule is CCNC(=NCc1ccc(OCC(F)(F)F)cc1)NCCSC.I. The Bertz CT molecular complexity index is 484. The molecule has 0 fully saturated rings. The first kappa shape index (κ1) is 23.2. The summed E-state index contributed by atoms with van der Waals surface area (Å²) < 4.78 is 40.9. The van der Waals surface area contributed by atoms with Gasteiger partial charge in [-0.05, 0) is 30.9 Å².